The Labute approximate surface area is 192 Å². The molecule has 3 rings (SSSR count). The van der Waals surface area contributed by atoms with Crippen molar-refractivity contribution in [1.29, 1.82) is 0 Å². The van der Waals surface area contributed by atoms with E-state index in [1.54, 1.807) is 12.1 Å². The molecule has 1 fully saturated rings. The highest BCUT2D eigenvalue weighted by molar-refractivity contribution is 14.1. The second-order valence-electron chi connectivity index (χ2n) is 6.34. The molecule has 0 atom stereocenters. The van der Waals surface area contributed by atoms with E-state index in [4.69, 9.17) is 15.2 Å². The minimum atomic E-state index is -0.570. The highest BCUT2D eigenvalue weighted by atomic mass is 127. The fraction of sp³-hybridized carbons (Fsp3) is 0.190. The quantitative estimate of drug-likeness (QED) is 0.414. The monoisotopic (exact) mass is 537 g/mol. The standard InChI is InChI=1S/C21H20IN3O4S/c1-3-28-16-9-13(8-15(22)19(16)29-11-18(23)26)10-17-20(27)25-21(30-17)24-14-6-4-12(2)5-7-14/h4-10H,3,11H2,1-2H3,(H2,23,26)(H,24,25,27)/b17-10-. The number of nitrogens with one attached hydrogen (secondary N) is 1. The summed E-state index contributed by atoms with van der Waals surface area (Å²) in [6, 6.07) is 11.3. The van der Waals surface area contributed by atoms with Gasteiger partial charge in [0.05, 0.1) is 20.8 Å². The number of halogens is 1. The lowest BCUT2D eigenvalue weighted by molar-refractivity contribution is -0.120. The van der Waals surface area contributed by atoms with Crippen LogP contribution in [0.5, 0.6) is 11.5 Å². The summed E-state index contributed by atoms with van der Waals surface area (Å²) in [6.45, 7) is 4.04. The minimum Gasteiger partial charge on any atom is -0.490 e. The number of ether oxygens (including phenoxy) is 2. The Morgan fingerprint density at radius 1 is 1.27 bits per heavy atom. The van der Waals surface area contributed by atoms with Crippen molar-refractivity contribution < 1.29 is 19.1 Å². The fourth-order valence-electron chi connectivity index (χ4n) is 2.59. The number of carbonyl (C=O) groups is 2. The van der Waals surface area contributed by atoms with E-state index < -0.39 is 5.91 Å². The van der Waals surface area contributed by atoms with Crippen molar-refractivity contribution in [1.82, 2.24) is 5.32 Å². The first-order valence-electron chi connectivity index (χ1n) is 9.09. The van der Waals surface area contributed by atoms with Crippen LogP contribution in [0.2, 0.25) is 0 Å². The van der Waals surface area contributed by atoms with Crippen LogP contribution in [-0.2, 0) is 9.59 Å². The normalized spacial score (nSPS) is 16.0. The van der Waals surface area contributed by atoms with Crippen LogP contribution < -0.4 is 20.5 Å². The van der Waals surface area contributed by atoms with Gasteiger partial charge >= 0.3 is 0 Å². The van der Waals surface area contributed by atoms with E-state index >= 15 is 0 Å². The molecule has 0 aliphatic carbocycles. The van der Waals surface area contributed by atoms with Gasteiger partial charge in [0, 0.05) is 0 Å². The Morgan fingerprint density at radius 3 is 2.67 bits per heavy atom. The molecule has 30 heavy (non-hydrogen) atoms. The molecule has 1 aliphatic rings. The van der Waals surface area contributed by atoms with Gasteiger partial charge in [0.1, 0.15) is 0 Å². The number of aliphatic imine (C=N–C) groups is 1. The number of aryl methyl sites for hydroxylation is 1. The van der Waals surface area contributed by atoms with Gasteiger partial charge in [0.25, 0.3) is 11.8 Å². The van der Waals surface area contributed by atoms with Crippen LogP contribution in [0.15, 0.2) is 46.3 Å². The van der Waals surface area contributed by atoms with Gasteiger partial charge in [-0.05, 0) is 84.1 Å². The predicted molar refractivity (Wildman–Crippen MR) is 127 cm³/mol. The second-order valence-corrected chi connectivity index (χ2v) is 8.53. The number of hydrogen-bond donors (Lipinski definition) is 2. The van der Waals surface area contributed by atoms with E-state index in [0.717, 1.165) is 20.4 Å². The lowest BCUT2D eigenvalue weighted by atomic mass is 10.2. The summed E-state index contributed by atoms with van der Waals surface area (Å²) in [5, 5.41) is 3.31. The summed E-state index contributed by atoms with van der Waals surface area (Å²) in [5.74, 6) is 0.143. The number of nitrogens with zero attached hydrogens (tertiary/aromatic N) is 1. The van der Waals surface area contributed by atoms with Crippen LogP contribution >= 0.6 is 34.4 Å². The summed E-state index contributed by atoms with van der Waals surface area (Å²) < 4.78 is 11.9. The molecule has 0 saturated carbocycles. The molecule has 156 valence electrons. The number of thioether (sulfide) groups is 1. The van der Waals surface area contributed by atoms with Crippen LogP contribution in [0.3, 0.4) is 0 Å². The molecule has 9 heteroatoms. The van der Waals surface area contributed by atoms with E-state index in [2.05, 4.69) is 32.9 Å². The third-order valence-electron chi connectivity index (χ3n) is 3.90. The molecule has 2 amide bonds. The number of rotatable bonds is 7. The van der Waals surface area contributed by atoms with Crippen molar-refractivity contribution in [2.75, 3.05) is 13.2 Å². The summed E-state index contributed by atoms with van der Waals surface area (Å²) in [4.78, 5) is 28.4. The maximum atomic E-state index is 12.4. The maximum absolute atomic E-state index is 12.4. The third-order valence-corrected chi connectivity index (χ3v) is 5.61. The first-order chi connectivity index (χ1) is 14.4. The van der Waals surface area contributed by atoms with Crippen LogP contribution in [0.25, 0.3) is 6.08 Å². The largest absolute Gasteiger partial charge is 0.490 e. The number of hydrogen-bond acceptors (Lipinski definition) is 6. The van der Waals surface area contributed by atoms with Crippen LogP contribution in [0, 0.1) is 10.5 Å². The zero-order valence-corrected chi connectivity index (χ0v) is 19.4. The third kappa shape index (κ3) is 5.76. The summed E-state index contributed by atoms with van der Waals surface area (Å²) in [6.07, 6.45) is 1.76. The predicted octanol–water partition coefficient (Wildman–Crippen LogP) is 3.75. The molecule has 0 spiro atoms. The zero-order chi connectivity index (χ0) is 21.7. The van der Waals surface area contributed by atoms with Gasteiger partial charge in [-0.1, -0.05) is 17.7 Å². The molecule has 1 aliphatic heterocycles. The van der Waals surface area contributed by atoms with Gasteiger partial charge in [-0.15, -0.1) is 0 Å². The first kappa shape index (κ1) is 22.2. The van der Waals surface area contributed by atoms with E-state index in [-0.39, 0.29) is 12.5 Å². The highest BCUT2D eigenvalue weighted by Crippen LogP contribution is 2.36. The van der Waals surface area contributed by atoms with Gasteiger partial charge in [-0.3, -0.25) is 9.59 Å². The Kier molecular flexibility index (Phi) is 7.38. The maximum Gasteiger partial charge on any atom is 0.264 e. The number of benzene rings is 2. The topological polar surface area (TPSA) is 103 Å². The van der Waals surface area contributed by atoms with Gasteiger partial charge in [0.15, 0.2) is 23.3 Å². The van der Waals surface area contributed by atoms with Crippen LogP contribution in [-0.4, -0.2) is 30.2 Å². The highest BCUT2D eigenvalue weighted by Gasteiger charge is 2.24. The SMILES string of the molecule is CCOc1cc(/C=C2\SC(=Nc3ccc(C)cc3)NC2=O)cc(I)c1OCC(N)=O. The van der Waals surface area contributed by atoms with Gasteiger partial charge in [0.2, 0.25) is 0 Å². The lowest BCUT2D eigenvalue weighted by Crippen LogP contribution is -2.20. The lowest BCUT2D eigenvalue weighted by Gasteiger charge is -2.14. The van der Waals surface area contributed by atoms with Crippen molar-refractivity contribution in [3.05, 3.63) is 56.0 Å². The minimum absolute atomic E-state index is 0.215. The number of nitrogens with two attached hydrogens (primary N) is 1. The number of carbonyl (C=O) groups excluding carboxylic acids is 2. The number of primary amides is 1. The molecule has 0 bridgehead atoms. The van der Waals surface area contributed by atoms with Crippen LogP contribution in [0.1, 0.15) is 18.1 Å². The molecule has 7 nitrogen and oxygen atoms in total. The van der Waals surface area contributed by atoms with E-state index in [0.29, 0.717) is 28.2 Å². The van der Waals surface area contributed by atoms with Crippen molar-refractivity contribution >= 4 is 63.1 Å². The molecule has 0 aromatic heterocycles. The fourth-order valence-corrected chi connectivity index (χ4v) is 4.21. The average molecular weight is 537 g/mol. The summed E-state index contributed by atoms with van der Waals surface area (Å²) in [7, 11) is 0. The van der Waals surface area contributed by atoms with Crippen molar-refractivity contribution in [2.45, 2.75) is 13.8 Å². The molecule has 2 aromatic rings. The smallest absolute Gasteiger partial charge is 0.264 e. The number of amidine groups is 1. The van der Waals surface area contributed by atoms with Crippen molar-refractivity contribution in [3.8, 4) is 11.5 Å². The second kappa shape index (κ2) is 9.98. The van der Waals surface area contributed by atoms with Crippen LogP contribution in [0.4, 0.5) is 5.69 Å². The van der Waals surface area contributed by atoms with E-state index in [1.165, 1.54) is 11.8 Å². The Hall–Kier alpha value is -2.53. The van der Waals surface area contributed by atoms with Gasteiger partial charge in [-0.25, -0.2) is 4.99 Å². The zero-order valence-electron chi connectivity index (χ0n) is 16.4. The molecular formula is C21H20IN3O4S. The Bertz CT molecular complexity index is 1040. The molecule has 3 N–H and O–H groups in total. The first-order valence-corrected chi connectivity index (χ1v) is 11.0. The van der Waals surface area contributed by atoms with E-state index in [9.17, 15) is 9.59 Å². The van der Waals surface area contributed by atoms with E-state index in [1.807, 2.05) is 44.2 Å². The molecule has 0 unspecified atom stereocenters. The molecular weight excluding hydrogens is 517 g/mol. The van der Waals surface area contributed by atoms with Gasteiger partial charge < -0.3 is 20.5 Å². The van der Waals surface area contributed by atoms with Gasteiger partial charge in [-0.2, -0.15) is 0 Å². The number of amides is 2. The summed E-state index contributed by atoms with van der Waals surface area (Å²) >= 11 is 3.36. The van der Waals surface area contributed by atoms with Crippen molar-refractivity contribution in [2.24, 2.45) is 10.7 Å². The Morgan fingerprint density at radius 2 is 2.00 bits per heavy atom. The molecule has 1 saturated heterocycles. The molecule has 2 aromatic carbocycles. The molecule has 1 heterocycles. The van der Waals surface area contributed by atoms with Crippen molar-refractivity contribution in [3.63, 3.8) is 0 Å². The Balaban J connectivity index is 1.85. The summed E-state index contributed by atoms with van der Waals surface area (Å²) in [5.41, 5.74) is 7.85. The average Bonchev–Trinajstić information content (AvgIpc) is 3.02. The molecule has 0 radical (unpaired) electrons.